The minimum absolute atomic E-state index is 0.175. The number of hydrogen-bond acceptors (Lipinski definition) is 4. The van der Waals surface area contributed by atoms with Gasteiger partial charge in [0, 0.05) is 35.2 Å². The zero-order valence-electron chi connectivity index (χ0n) is 18.6. The Kier molecular flexibility index (Phi) is 5.43. The van der Waals surface area contributed by atoms with Crippen molar-refractivity contribution in [2.24, 2.45) is 5.73 Å². The van der Waals surface area contributed by atoms with Crippen LogP contribution in [0.1, 0.15) is 32.7 Å². The Labute approximate surface area is 198 Å². The van der Waals surface area contributed by atoms with E-state index >= 15 is 0 Å². The van der Waals surface area contributed by atoms with Crippen molar-refractivity contribution in [2.75, 3.05) is 0 Å². The first-order chi connectivity index (χ1) is 16.7. The molecule has 3 heterocycles. The monoisotopic (exact) mass is 472 g/mol. The van der Waals surface area contributed by atoms with Crippen LogP contribution in [0.15, 0.2) is 73.1 Å². The third kappa shape index (κ3) is 4.30. The lowest BCUT2D eigenvalue weighted by molar-refractivity contribution is -0.137. The highest BCUT2D eigenvalue weighted by molar-refractivity contribution is 6.00. The van der Waals surface area contributed by atoms with Crippen molar-refractivity contribution in [3.05, 3.63) is 101 Å². The van der Waals surface area contributed by atoms with Gasteiger partial charge >= 0.3 is 6.18 Å². The molecule has 0 fully saturated rings. The number of halogens is 3. The van der Waals surface area contributed by atoms with Gasteiger partial charge in [-0.1, -0.05) is 30.3 Å². The number of nitrogens with two attached hydrogens (primary N) is 1. The average Bonchev–Trinajstić information content (AvgIpc) is 2.82. The van der Waals surface area contributed by atoms with E-state index in [4.69, 9.17) is 5.73 Å². The molecule has 0 spiro atoms. The topological polar surface area (TPSA) is 81.8 Å². The first-order valence-electron chi connectivity index (χ1n) is 10.8. The third-order valence-electron chi connectivity index (χ3n) is 5.86. The van der Waals surface area contributed by atoms with Gasteiger partial charge < -0.3 is 5.73 Å². The van der Waals surface area contributed by atoms with Crippen LogP contribution in [0.25, 0.3) is 33.1 Å². The summed E-state index contributed by atoms with van der Waals surface area (Å²) in [5.41, 5.74) is 8.79. The molecule has 174 valence electrons. The predicted molar refractivity (Wildman–Crippen MR) is 128 cm³/mol. The number of pyridine rings is 3. The van der Waals surface area contributed by atoms with Crippen LogP contribution in [0.4, 0.5) is 13.2 Å². The molecule has 0 bridgehead atoms. The van der Waals surface area contributed by atoms with E-state index in [2.05, 4.69) is 15.0 Å². The summed E-state index contributed by atoms with van der Waals surface area (Å²) in [7, 11) is 0. The number of benzene rings is 2. The number of primary amides is 1. The maximum atomic E-state index is 13.8. The highest BCUT2D eigenvalue weighted by Gasteiger charge is 2.32. The standard InChI is InChI=1S/C27H19F3N4O/c1-15-9-16(10-18-6-4-8-32-25(18)26(31)35)14-33-23(15)21-13-20(27(28,29)30)12-19-11-17-5-2-3-7-22(17)34-24(19)21/h2-9,11-14H,10H2,1H3,(H2,31,35). The van der Waals surface area contributed by atoms with Crippen molar-refractivity contribution >= 4 is 27.7 Å². The lowest BCUT2D eigenvalue weighted by Gasteiger charge is -2.15. The fourth-order valence-corrected chi connectivity index (χ4v) is 4.27. The summed E-state index contributed by atoms with van der Waals surface area (Å²) >= 11 is 0. The van der Waals surface area contributed by atoms with E-state index < -0.39 is 17.6 Å². The Bertz CT molecular complexity index is 1610. The molecule has 0 aliphatic carbocycles. The number of nitrogens with zero attached hydrogens (tertiary/aromatic N) is 3. The first kappa shape index (κ1) is 22.5. The molecule has 0 radical (unpaired) electrons. The van der Waals surface area contributed by atoms with Crippen molar-refractivity contribution in [2.45, 2.75) is 19.5 Å². The van der Waals surface area contributed by atoms with Crippen LogP contribution in [-0.2, 0) is 12.6 Å². The summed E-state index contributed by atoms with van der Waals surface area (Å²) in [6.07, 6.45) is -1.08. The van der Waals surface area contributed by atoms with Gasteiger partial charge in [-0.05, 0) is 53.9 Å². The van der Waals surface area contributed by atoms with Crippen LogP contribution >= 0.6 is 0 Å². The highest BCUT2D eigenvalue weighted by Crippen LogP contribution is 2.38. The summed E-state index contributed by atoms with van der Waals surface area (Å²) in [4.78, 5) is 24.9. The number of alkyl halides is 3. The fraction of sp³-hybridized carbons (Fsp3) is 0.111. The molecule has 1 amide bonds. The molecular formula is C27H19F3N4O. The van der Waals surface area contributed by atoms with Crippen molar-refractivity contribution in [3.63, 3.8) is 0 Å². The Hall–Kier alpha value is -4.33. The number of hydrogen-bond donors (Lipinski definition) is 1. The normalized spacial score (nSPS) is 11.8. The molecule has 5 rings (SSSR count). The second-order valence-corrected chi connectivity index (χ2v) is 8.34. The van der Waals surface area contributed by atoms with E-state index in [0.29, 0.717) is 45.2 Å². The van der Waals surface area contributed by atoms with Gasteiger partial charge in [-0.25, -0.2) is 4.98 Å². The lowest BCUT2D eigenvalue weighted by Crippen LogP contribution is -2.16. The minimum Gasteiger partial charge on any atom is -0.364 e. The summed E-state index contributed by atoms with van der Waals surface area (Å²) in [6.45, 7) is 1.79. The second-order valence-electron chi connectivity index (χ2n) is 8.34. The SMILES string of the molecule is Cc1cc(Cc2cccnc2C(N)=O)cnc1-c1cc(C(F)(F)F)cc2cc3ccccc3nc12. The summed E-state index contributed by atoms with van der Waals surface area (Å²) in [6, 6.07) is 16.5. The maximum Gasteiger partial charge on any atom is 0.416 e. The number of carbonyl (C=O) groups is 1. The second kappa shape index (κ2) is 8.47. The Morgan fingerprint density at radius 1 is 0.971 bits per heavy atom. The summed E-state index contributed by atoms with van der Waals surface area (Å²) < 4.78 is 41.3. The van der Waals surface area contributed by atoms with Crippen molar-refractivity contribution in [1.29, 1.82) is 0 Å². The van der Waals surface area contributed by atoms with E-state index in [0.717, 1.165) is 23.1 Å². The number of aromatic nitrogens is 3. The summed E-state index contributed by atoms with van der Waals surface area (Å²) in [5, 5.41) is 1.15. The van der Waals surface area contributed by atoms with Gasteiger partial charge in [0.2, 0.25) is 0 Å². The van der Waals surface area contributed by atoms with E-state index in [1.54, 1.807) is 31.3 Å². The van der Waals surface area contributed by atoms with E-state index in [9.17, 15) is 18.0 Å². The van der Waals surface area contributed by atoms with Gasteiger partial charge in [0.05, 0.1) is 22.3 Å². The predicted octanol–water partition coefficient (Wildman–Crippen LogP) is 5.86. The summed E-state index contributed by atoms with van der Waals surface area (Å²) in [5.74, 6) is -0.629. The number of para-hydroxylation sites is 1. The van der Waals surface area contributed by atoms with E-state index in [1.165, 1.54) is 6.20 Å². The number of rotatable bonds is 4. The highest BCUT2D eigenvalue weighted by atomic mass is 19.4. The number of carbonyl (C=O) groups excluding carboxylic acids is 1. The number of aryl methyl sites for hydroxylation is 1. The quantitative estimate of drug-likeness (QED) is 0.332. The first-order valence-corrected chi connectivity index (χ1v) is 10.8. The molecule has 2 N–H and O–H groups in total. The van der Waals surface area contributed by atoms with Crippen LogP contribution in [0.5, 0.6) is 0 Å². The molecule has 0 aliphatic heterocycles. The molecule has 0 atom stereocenters. The largest absolute Gasteiger partial charge is 0.416 e. The van der Waals surface area contributed by atoms with Gasteiger partial charge in [0.25, 0.3) is 5.91 Å². The zero-order valence-corrected chi connectivity index (χ0v) is 18.6. The molecule has 5 nitrogen and oxygen atoms in total. The Balaban J connectivity index is 1.65. The molecule has 0 saturated heterocycles. The van der Waals surface area contributed by atoms with Crippen molar-refractivity contribution in [1.82, 2.24) is 15.0 Å². The van der Waals surface area contributed by atoms with Crippen molar-refractivity contribution < 1.29 is 18.0 Å². The van der Waals surface area contributed by atoms with Crippen LogP contribution in [0, 0.1) is 6.92 Å². The number of fused-ring (bicyclic) bond motifs is 2. The fourth-order valence-electron chi connectivity index (χ4n) is 4.27. The number of amides is 1. The van der Waals surface area contributed by atoms with Gasteiger partial charge in [-0.15, -0.1) is 0 Å². The maximum absolute atomic E-state index is 13.8. The van der Waals surface area contributed by atoms with Gasteiger partial charge in [0.1, 0.15) is 5.69 Å². The van der Waals surface area contributed by atoms with Crippen molar-refractivity contribution in [3.8, 4) is 11.3 Å². The average molecular weight is 472 g/mol. The Morgan fingerprint density at radius 3 is 2.51 bits per heavy atom. The van der Waals surface area contributed by atoms with Crippen LogP contribution < -0.4 is 5.73 Å². The minimum atomic E-state index is -4.52. The molecule has 8 heteroatoms. The third-order valence-corrected chi connectivity index (χ3v) is 5.86. The smallest absolute Gasteiger partial charge is 0.364 e. The van der Waals surface area contributed by atoms with Gasteiger partial charge in [-0.2, -0.15) is 13.2 Å². The molecule has 5 aromatic rings. The van der Waals surface area contributed by atoms with E-state index in [-0.39, 0.29) is 5.69 Å². The zero-order chi connectivity index (χ0) is 24.7. The van der Waals surface area contributed by atoms with Crippen LogP contribution in [0.2, 0.25) is 0 Å². The lowest BCUT2D eigenvalue weighted by atomic mass is 9.96. The Morgan fingerprint density at radius 2 is 1.77 bits per heavy atom. The molecule has 0 saturated carbocycles. The molecule has 3 aromatic heterocycles. The van der Waals surface area contributed by atoms with E-state index in [1.807, 2.05) is 30.3 Å². The molecule has 35 heavy (non-hydrogen) atoms. The van der Waals surface area contributed by atoms with Crippen LogP contribution in [0.3, 0.4) is 0 Å². The molecular weight excluding hydrogens is 453 g/mol. The van der Waals surface area contributed by atoms with Gasteiger partial charge in [-0.3, -0.25) is 14.8 Å². The molecule has 2 aromatic carbocycles. The molecule has 0 aliphatic rings. The van der Waals surface area contributed by atoms with Crippen LogP contribution in [-0.4, -0.2) is 20.9 Å². The molecule has 0 unspecified atom stereocenters. The van der Waals surface area contributed by atoms with Gasteiger partial charge in [0.15, 0.2) is 0 Å².